The zero-order valence-electron chi connectivity index (χ0n) is 17.8. The zero-order chi connectivity index (χ0) is 23.0. The van der Waals surface area contributed by atoms with Gasteiger partial charge in [0.2, 0.25) is 0 Å². The van der Waals surface area contributed by atoms with E-state index in [1.54, 1.807) is 19.1 Å². The molecule has 1 aliphatic heterocycles. The van der Waals surface area contributed by atoms with E-state index < -0.39 is 36.1 Å². The van der Waals surface area contributed by atoms with E-state index in [1.165, 1.54) is 23.4 Å². The van der Waals surface area contributed by atoms with Gasteiger partial charge in [-0.3, -0.25) is 4.98 Å². The lowest BCUT2D eigenvalue weighted by atomic mass is 9.62. The number of carbonyl (C=O) groups is 1. The van der Waals surface area contributed by atoms with Crippen molar-refractivity contribution in [3.05, 3.63) is 65.0 Å². The molecule has 0 bridgehead atoms. The summed E-state index contributed by atoms with van der Waals surface area (Å²) in [6.45, 7) is 4.76. The molecule has 31 heavy (non-hydrogen) atoms. The number of likely N-dealkylation sites (tertiary alicyclic amines) is 1. The Labute approximate surface area is 180 Å². The van der Waals surface area contributed by atoms with E-state index in [9.17, 15) is 23.8 Å². The molecule has 0 radical (unpaired) electrons. The predicted molar refractivity (Wildman–Crippen MR) is 111 cm³/mol. The van der Waals surface area contributed by atoms with Crippen molar-refractivity contribution in [1.82, 2.24) is 9.88 Å². The standard InChI is InChI=1S/C23H28F2N2O4/c1-15(2)17-4-6-18(7-5-17)23(31,21(3)12-27(13-21)20(29)30)19-8-16(10-26-11-19)9-22(24,25)14-28/h4-8,10-11,15,28,31H,9,12-14H2,1-3H3,(H,29,30)/t23-/m0/s1. The predicted octanol–water partition coefficient (Wildman–Crippen LogP) is 3.61. The largest absolute Gasteiger partial charge is 0.465 e. The molecule has 1 aliphatic rings. The number of amides is 1. The van der Waals surface area contributed by atoms with Crippen LogP contribution in [0.3, 0.4) is 0 Å². The van der Waals surface area contributed by atoms with Gasteiger partial charge in [-0.2, -0.15) is 0 Å². The van der Waals surface area contributed by atoms with E-state index in [4.69, 9.17) is 5.11 Å². The molecule has 8 heteroatoms. The molecule has 2 aromatic rings. The fraction of sp³-hybridized carbons (Fsp3) is 0.478. The van der Waals surface area contributed by atoms with Crippen LogP contribution in [-0.4, -0.2) is 56.9 Å². The Kier molecular flexibility index (Phi) is 6.08. The minimum atomic E-state index is -3.31. The Bertz CT molecular complexity index is 943. The number of halogens is 2. The summed E-state index contributed by atoms with van der Waals surface area (Å²) >= 11 is 0. The lowest BCUT2D eigenvalue weighted by molar-refractivity contribution is -0.124. The highest BCUT2D eigenvalue weighted by molar-refractivity contribution is 5.67. The third-order valence-corrected chi connectivity index (χ3v) is 6.13. The molecule has 3 rings (SSSR count). The third kappa shape index (κ3) is 4.27. The van der Waals surface area contributed by atoms with Gasteiger partial charge in [0, 0.05) is 42.9 Å². The van der Waals surface area contributed by atoms with E-state index >= 15 is 0 Å². The second-order valence-corrected chi connectivity index (χ2v) is 8.96. The van der Waals surface area contributed by atoms with Gasteiger partial charge in [0.1, 0.15) is 12.2 Å². The summed E-state index contributed by atoms with van der Waals surface area (Å²) in [5.41, 5.74) is -0.435. The number of hydrogen-bond acceptors (Lipinski definition) is 4. The van der Waals surface area contributed by atoms with Gasteiger partial charge >= 0.3 is 6.09 Å². The molecule has 0 aliphatic carbocycles. The molecule has 1 fully saturated rings. The van der Waals surface area contributed by atoms with Crippen molar-refractivity contribution in [2.45, 2.75) is 44.6 Å². The first-order chi connectivity index (χ1) is 14.4. The number of aromatic nitrogens is 1. The lowest BCUT2D eigenvalue weighted by Gasteiger charge is -2.55. The number of pyridine rings is 1. The SMILES string of the molecule is CC(C)c1ccc([C@](O)(c2cncc(CC(F)(F)CO)c2)C2(C)CN(C(=O)O)C2)cc1. The van der Waals surface area contributed by atoms with Crippen LogP contribution in [-0.2, 0) is 12.0 Å². The van der Waals surface area contributed by atoms with Crippen molar-refractivity contribution >= 4 is 6.09 Å². The van der Waals surface area contributed by atoms with Crippen LogP contribution in [0.4, 0.5) is 13.6 Å². The molecule has 1 atom stereocenters. The van der Waals surface area contributed by atoms with Gasteiger partial charge in [-0.25, -0.2) is 13.6 Å². The summed E-state index contributed by atoms with van der Waals surface area (Å²) in [4.78, 5) is 16.6. The molecule has 1 aromatic carbocycles. The van der Waals surface area contributed by atoms with Crippen LogP contribution >= 0.6 is 0 Å². The average molecular weight is 434 g/mol. The number of rotatable bonds is 7. The lowest BCUT2D eigenvalue weighted by Crippen LogP contribution is -2.66. The Morgan fingerprint density at radius 2 is 1.81 bits per heavy atom. The van der Waals surface area contributed by atoms with E-state index in [0.29, 0.717) is 11.1 Å². The summed E-state index contributed by atoms with van der Waals surface area (Å²) < 4.78 is 27.5. The van der Waals surface area contributed by atoms with Gasteiger partial charge < -0.3 is 20.2 Å². The highest BCUT2D eigenvalue weighted by atomic mass is 19.3. The monoisotopic (exact) mass is 434 g/mol. The van der Waals surface area contributed by atoms with Crippen LogP contribution in [0.15, 0.2) is 42.7 Å². The maximum atomic E-state index is 13.7. The van der Waals surface area contributed by atoms with Crippen LogP contribution in [0.5, 0.6) is 0 Å². The average Bonchev–Trinajstić information content (AvgIpc) is 2.70. The van der Waals surface area contributed by atoms with E-state index in [-0.39, 0.29) is 24.6 Å². The number of benzene rings is 1. The molecule has 1 aromatic heterocycles. The van der Waals surface area contributed by atoms with Crippen LogP contribution in [0, 0.1) is 5.41 Å². The topological polar surface area (TPSA) is 93.9 Å². The maximum Gasteiger partial charge on any atom is 0.407 e. The molecule has 2 heterocycles. The Morgan fingerprint density at radius 1 is 1.19 bits per heavy atom. The quantitative estimate of drug-likeness (QED) is 0.619. The minimum Gasteiger partial charge on any atom is -0.465 e. The smallest absolute Gasteiger partial charge is 0.407 e. The molecule has 0 spiro atoms. The molecule has 3 N–H and O–H groups in total. The maximum absolute atomic E-state index is 13.7. The molecule has 1 saturated heterocycles. The van der Waals surface area contributed by atoms with Gasteiger partial charge in [0.05, 0.1) is 0 Å². The van der Waals surface area contributed by atoms with Crippen molar-refractivity contribution in [1.29, 1.82) is 0 Å². The third-order valence-electron chi connectivity index (χ3n) is 6.13. The van der Waals surface area contributed by atoms with Crippen LogP contribution < -0.4 is 0 Å². The first-order valence-corrected chi connectivity index (χ1v) is 10.2. The molecule has 6 nitrogen and oxygen atoms in total. The van der Waals surface area contributed by atoms with Gasteiger partial charge in [-0.15, -0.1) is 0 Å². The van der Waals surface area contributed by atoms with Crippen molar-refractivity contribution in [2.24, 2.45) is 5.41 Å². The van der Waals surface area contributed by atoms with Crippen molar-refractivity contribution in [2.75, 3.05) is 19.7 Å². The zero-order valence-corrected chi connectivity index (χ0v) is 17.8. The molecular formula is C23H28F2N2O4. The summed E-state index contributed by atoms with van der Waals surface area (Å²) in [5, 5.41) is 30.2. The van der Waals surface area contributed by atoms with E-state index in [2.05, 4.69) is 4.98 Å². The van der Waals surface area contributed by atoms with Crippen LogP contribution in [0.2, 0.25) is 0 Å². The van der Waals surface area contributed by atoms with Gasteiger partial charge in [-0.05, 0) is 28.7 Å². The second kappa shape index (κ2) is 8.16. The number of aliphatic hydroxyl groups excluding tert-OH is 1. The number of alkyl halides is 2. The fourth-order valence-electron chi connectivity index (χ4n) is 4.27. The first-order valence-electron chi connectivity index (χ1n) is 10.2. The fourth-order valence-corrected chi connectivity index (χ4v) is 4.27. The van der Waals surface area contributed by atoms with Gasteiger partial charge in [0.25, 0.3) is 5.92 Å². The normalized spacial score (nSPS) is 17.9. The number of nitrogens with zero attached hydrogens (tertiary/aromatic N) is 2. The molecule has 168 valence electrons. The van der Waals surface area contributed by atoms with Crippen LogP contribution in [0.25, 0.3) is 0 Å². The molecule has 0 unspecified atom stereocenters. The summed E-state index contributed by atoms with van der Waals surface area (Å²) in [6, 6.07) is 8.85. The van der Waals surface area contributed by atoms with Crippen molar-refractivity contribution < 1.29 is 28.9 Å². The molecule has 1 amide bonds. The minimum absolute atomic E-state index is 0.0851. The summed E-state index contributed by atoms with van der Waals surface area (Å²) in [6.07, 6.45) is 0.905. The van der Waals surface area contributed by atoms with Crippen molar-refractivity contribution in [3.8, 4) is 0 Å². The molecular weight excluding hydrogens is 406 g/mol. The Morgan fingerprint density at radius 3 is 2.32 bits per heavy atom. The number of hydrogen-bond donors (Lipinski definition) is 3. The van der Waals surface area contributed by atoms with Gasteiger partial charge in [0.15, 0.2) is 0 Å². The first kappa shape index (κ1) is 23.1. The second-order valence-electron chi connectivity index (χ2n) is 8.96. The van der Waals surface area contributed by atoms with E-state index in [0.717, 1.165) is 5.56 Å². The van der Waals surface area contributed by atoms with Crippen LogP contribution in [0.1, 0.15) is 48.9 Å². The number of aliphatic hydroxyl groups is 2. The van der Waals surface area contributed by atoms with Gasteiger partial charge in [-0.1, -0.05) is 45.0 Å². The molecule has 0 saturated carbocycles. The van der Waals surface area contributed by atoms with E-state index in [1.807, 2.05) is 26.0 Å². The number of carboxylic acid groups (broad SMARTS) is 1. The Balaban J connectivity index is 2.08. The summed E-state index contributed by atoms with van der Waals surface area (Å²) in [5.74, 6) is -3.02. The summed E-state index contributed by atoms with van der Waals surface area (Å²) in [7, 11) is 0. The highest BCUT2D eigenvalue weighted by Crippen LogP contribution is 2.50. The highest BCUT2D eigenvalue weighted by Gasteiger charge is 2.57. The Hall–Kier alpha value is -2.58. The van der Waals surface area contributed by atoms with Crippen molar-refractivity contribution in [3.63, 3.8) is 0 Å².